The van der Waals surface area contributed by atoms with E-state index in [0.29, 0.717) is 29.1 Å². The van der Waals surface area contributed by atoms with Gasteiger partial charge >= 0.3 is 0 Å². The monoisotopic (exact) mass is 379 g/mol. The molecule has 0 spiro atoms. The number of aromatic nitrogens is 4. The summed E-state index contributed by atoms with van der Waals surface area (Å²) in [4.78, 5) is 4.45. The molecule has 8 heteroatoms. The third kappa shape index (κ3) is 3.06. The van der Waals surface area contributed by atoms with E-state index in [-0.39, 0.29) is 12.1 Å². The van der Waals surface area contributed by atoms with Gasteiger partial charge in [-0.15, -0.1) is 10.2 Å². The molecular formula is C20H15F2N5O. The van der Waals surface area contributed by atoms with Gasteiger partial charge in [0.15, 0.2) is 17.3 Å². The van der Waals surface area contributed by atoms with E-state index >= 15 is 0 Å². The molecule has 0 unspecified atom stereocenters. The van der Waals surface area contributed by atoms with E-state index in [0.717, 1.165) is 41.8 Å². The highest BCUT2D eigenvalue weighted by molar-refractivity contribution is 5.98. The van der Waals surface area contributed by atoms with Crippen molar-refractivity contribution in [1.82, 2.24) is 20.3 Å². The summed E-state index contributed by atoms with van der Waals surface area (Å²) in [6.07, 6.45) is 2.15. The average molecular weight is 379 g/mol. The second kappa shape index (κ2) is 6.63. The minimum absolute atomic E-state index is 0.0774. The quantitative estimate of drug-likeness (QED) is 0.552. The van der Waals surface area contributed by atoms with Gasteiger partial charge in [-0.2, -0.15) is 4.98 Å². The Morgan fingerprint density at radius 2 is 1.86 bits per heavy atom. The topological polar surface area (TPSA) is 76.7 Å². The van der Waals surface area contributed by atoms with E-state index in [4.69, 9.17) is 4.52 Å². The molecule has 2 aromatic heterocycles. The highest BCUT2D eigenvalue weighted by atomic mass is 19.1. The maximum absolute atomic E-state index is 13.9. The molecule has 28 heavy (non-hydrogen) atoms. The van der Waals surface area contributed by atoms with Gasteiger partial charge in [0, 0.05) is 28.8 Å². The fraction of sp³-hybridized carbons (Fsp3) is 0.200. The fourth-order valence-electron chi connectivity index (χ4n) is 3.09. The lowest BCUT2D eigenvalue weighted by atomic mass is 10.1. The Morgan fingerprint density at radius 1 is 1.04 bits per heavy atom. The molecule has 0 bridgehead atoms. The van der Waals surface area contributed by atoms with Crippen LogP contribution in [-0.2, 0) is 6.54 Å². The van der Waals surface area contributed by atoms with Crippen LogP contribution in [0.15, 0.2) is 47.0 Å². The first-order valence-corrected chi connectivity index (χ1v) is 8.96. The molecule has 1 saturated carbocycles. The standard InChI is InChI=1S/C20H15F2N5O/c21-13-7-8-16(22)12(9-13)10-23-19-15-4-2-1-3-14(15)17(25-26-19)20-24-18(27-28-20)11-5-6-11/h1-4,7-9,11H,5-6,10H2,(H,23,26). The van der Waals surface area contributed by atoms with Gasteiger partial charge in [-0.1, -0.05) is 29.4 Å². The predicted molar refractivity (Wildman–Crippen MR) is 98.5 cm³/mol. The number of nitrogens with zero attached hydrogens (tertiary/aromatic N) is 4. The Bertz CT molecular complexity index is 1170. The van der Waals surface area contributed by atoms with Crippen molar-refractivity contribution < 1.29 is 13.3 Å². The maximum atomic E-state index is 13.9. The van der Waals surface area contributed by atoms with Crippen LogP contribution in [-0.4, -0.2) is 20.3 Å². The predicted octanol–water partition coefficient (Wildman–Crippen LogP) is 4.45. The summed E-state index contributed by atoms with van der Waals surface area (Å²) >= 11 is 0. The second-order valence-electron chi connectivity index (χ2n) is 6.76. The van der Waals surface area contributed by atoms with Crippen molar-refractivity contribution in [3.05, 3.63) is 65.5 Å². The van der Waals surface area contributed by atoms with E-state index in [1.807, 2.05) is 24.3 Å². The molecule has 0 saturated heterocycles. The molecule has 4 aromatic rings. The van der Waals surface area contributed by atoms with Crippen LogP contribution in [0.5, 0.6) is 0 Å². The molecule has 1 aliphatic carbocycles. The number of benzene rings is 2. The van der Waals surface area contributed by atoms with Gasteiger partial charge in [0.2, 0.25) is 0 Å². The highest BCUT2D eigenvalue weighted by Crippen LogP contribution is 2.39. The summed E-state index contributed by atoms with van der Waals surface area (Å²) in [5, 5.41) is 17.1. The smallest absolute Gasteiger partial charge is 0.279 e. The summed E-state index contributed by atoms with van der Waals surface area (Å²) in [5.74, 6) is 0.885. The minimum atomic E-state index is -0.493. The van der Waals surface area contributed by atoms with E-state index in [1.54, 1.807) is 0 Å². The average Bonchev–Trinajstić information content (AvgIpc) is 3.45. The van der Waals surface area contributed by atoms with Gasteiger partial charge in [-0.25, -0.2) is 8.78 Å². The summed E-state index contributed by atoms with van der Waals surface area (Å²) in [5.41, 5.74) is 0.707. The van der Waals surface area contributed by atoms with Crippen LogP contribution in [0, 0.1) is 11.6 Å². The number of hydrogen-bond donors (Lipinski definition) is 1. The molecule has 1 aliphatic rings. The Labute approximate surface area is 158 Å². The first kappa shape index (κ1) is 16.7. The zero-order chi connectivity index (χ0) is 19.1. The van der Waals surface area contributed by atoms with Gasteiger partial charge in [-0.05, 0) is 31.0 Å². The molecule has 1 N–H and O–H groups in total. The highest BCUT2D eigenvalue weighted by Gasteiger charge is 2.29. The van der Waals surface area contributed by atoms with Crippen LogP contribution < -0.4 is 5.32 Å². The maximum Gasteiger partial charge on any atom is 0.279 e. The minimum Gasteiger partial charge on any atom is -0.364 e. The molecular weight excluding hydrogens is 364 g/mol. The number of halogens is 2. The van der Waals surface area contributed by atoms with Crippen molar-refractivity contribution in [3.63, 3.8) is 0 Å². The lowest BCUT2D eigenvalue weighted by Gasteiger charge is -2.10. The summed E-state index contributed by atoms with van der Waals surface area (Å²) in [6.45, 7) is 0.0774. The molecule has 5 rings (SSSR count). The van der Waals surface area contributed by atoms with Gasteiger partial charge < -0.3 is 9.84 Å². The summed E-state index contributed by atoms with van der Waals surface area (Å²) < 4.78 is 32.6. The fourth-order valence-corrected chi connectivity index (χ4v) is 3.09. The molecule has 6 nitrogen and oxygen atoms in total. The van der Waals surface area contributed by atoms with Crippen molar-refractivity contribution in [1.29, 1.82) is 0 Å². The Balaban J connectivity index is 1.49. The number of anilines is 1. The molecule has 140 valence electrons. The summed E-state index contributed by atoms with van der Waals surface area (Å²) in [6, 6.07) is 10.8. The van der Waals surface area contributed by atoms with Crippen LogP contribution >= 0.6 is 0 Å². The largest absolute Gasteiger partial charge is 0.364 e. The molecule has 0 radical (unpaired) electrons. The zero-order valence-electron chi connectivity index (χ0n) is 14.7. The van der Waals surface area contributed by atoms with Gasteiger partial charge in [0.25, 0.3) is 5.89 Å². The normalized spacial score (nSPS) is 13.8. The van der Waals surface area contributed by atoms with Gasteiger partial charge in [0.1, 0.15) is 11.6 Å². The van der Waals surface area contributed by atoms with Crippen molar-refractivity contribution in [2.75, 3.05) is 5.32 Å². The van der Waals surface area contributed by atoms with E-state index < -0.39 is 11.6 Å². The molecule has 0 aliphatic heterocycles. The Morgan fingerprint density at radius 3 is 2.68 bits per heavy atom. The molecule has 0 atom stereocenters. The second-order valence-corrected chi connectivity index (χ2v) is 6.76. The third-order valence-electron chi connectivity index (χ3n) is 4.73. The van der Waals surface area contributed by atoms with Gasteiger partial charge in [0.05, 0.1) is 0 Å². The van der Waals surface area contributed by atoms with E-state index in [9.17, 15) is 8.78 Å². The van der Waals surface area contributed by atoms with E-state index in [1.165, 1.54) is 0 Å². The SMILES string of the molecule is Fc1ccc(F)c(CNc2nnc(-c3nc(C4CC4)no3)c3ccccc23)c1. The number of nitrogens with one attached hydrogen (secondary N) is 1. The van der Waals surface area contributed by atoms with Crippen LogP contribution in [0.1, 0.15) is 30.1 Å². The van der Waals surface area contributed by atoms with Crippen LogP contribution in [0.2, 0.25) is 0 Å². The molecule has 2 aromatic carbocycles. The third-order valence-corrected chi connectivity index (χ3v) is 4.73. The first-order valence-electron chi connectivity index (χ1n) is 8.96. The van der Waals surface area contributed by atoms with Crippen molar-refractivity contribution >= 4 is 16.6 Å². The van der Waals surface area contributed by atoms with Crippen LogP contribution in [0.25, 0.3) is 22.4 Å². The van der Waals surface area contributed by atoms with Crippen LogP contribution in [0.3, 0.4) is 0 Å². The van der Waals surface area contributed by atoms with Gasteiger partial charge in [-0.3, -0.25) is 0 Å². The first-order chi connectivity index (χ1) is 13.7. The number of hydrogen-bond acceptors (Lipinski definition) is 6. The van der Waals surface area contributed by atoms with Crippen LogP contribution in [0.4, 0.5) is 14.6 Å². The van der Waals surface area contributed by atoms with Crippen molar-refractivity contribution in [2.45, 2.75) is 25.3 Å². The molecule has 1 fully saturated rings. The zero-order valence-corrected chi connectivity index (χ0v) is 14.7. The van der Waals surface area contributed by atoms with Crippen molar-refractivity contribution in [3.8, 4) is 11.6 Å². The van der Waals surface area contributed by atoms with E-state index in [2.05, 4.69) is 25.7 Å². The summed E-state index contributed by atoms with van der Waals surface area (Å²) in [7, 11) is 0. The Hall–Kier alpha value is -3.42. The Kier molecular flexibility index (Phi) is 3.96. The lowest BCUT2D eigenvalue weighted by Crippen LogP contribution is -2.06. The van der Waals surface area contributed by atoms with Crippen molar-refractivity contribution in [2.24, 2.45) is 0 Å². The lowest BCUT2D eigenvalue weighted by molar-refractivity contribution is 0.421. The molecule has 0 amide bonds. The number of fused-ring (bicyclic) bond motifs is 1. The molecule has 2 heterocycles. The number of rotatable bonds is 5.